The molecule has 1 aromatic heterocycles. The molecule has 1 radical (unpaired) electrons. The first-order chi connectivity index (χ1) is 8.13. The first-order valence-electron chi connectivity index (χ1n) is 5.16. The summed E-state index contributed by atoms with van der Waals surface area (Å²) in [6.07, 6.45) is 1.94. The van der Waals surface area contributed by atoms with E-state index in [2.05, 4.69) is 4.98 Å². The molecule has 5 heteroatoms. The number of rotatable bonds is 4. The van der Waals surface area contributed by atoms with Crippen molar-refractivity contribution in [1.82, 2.24) is 4.98 Å². The molecule has 2 rings (SSSR count). The Kier molecular flexibility index (Phi) is 3.10. The molecule has 1 heterocycles. The summed E-state index contributed by atoms with van der Waals surface area (Å²) in [5.41, 5.74) is 6.77. The highest BCUT2D eigenvalue weighted by Gasteiger charge is 2.15. The molecule has 0 saturated carbocycles. The molecular formula is C12H12FN2O2. The molecule has 1 amide bonds. The summed E-state index contributed by atoms with van der Waals surface area (Å²) in [5, 5.41) is 9.38. The quantitative estimate of drug-likeness (QED) is 0.743. The minimum Gasteiger partial charge on any atom is -0.396 e. The van der Waals surface area contributed by atoms with Gasteiger partial charge in [0.1, 0.15) is 11.5 Å². The highest BCUT2D eigenvalue weighted by atomic mass is 19.1. The summed E-state index contributed by atoms with van der Waals surface area (Å²) in [7, 11) is 0. The van der Waals surface area contributed by atoms with Crippen LogP contribution in [0.2, 0.25) is 0 Å². The number of carbonyl (C=O) groups is 1. The van der Waals surface area contributed by atoms with Gasteiger partial charge < -0.3 is 15.8 Å². The van der Waals surface area contributed by atoms with E-state index in [4.69, 9.17) is 10.8 Å². The fourth-order valence-corrected chi connectivity index (χ4v) is 1.85. The van der Waals surface area contributed by atoms with Crippen LogP contribution in [0, 0.1) is 12.2 Å². The Bertz CT molecular complexity index is 563. The van der Waals surface area contributed by atoms with Gasteiger partial charge in [-0.25, -0.2) is 4.39 Å². The molecule has 0 unspecified atom stereocenters. The van der Waals surface area contributed by atoms with Crippen LogP contribution < -0.4 is 5.73 Å². The number of fused-ring (bicyclic) bond motifs is 1. The van der Waals surface area contributed by atoms with Crippen molar-refractivity contribution >= 4 is 16.8 Å². The van der Waals surface area contributed by atoms with Gasteiger partial charge in [-0.15, -0.1) is 0 Å². The van der Waals surface area contributed by atoms with Crippen molar-refractivity contribution < 1.29 is 14.3 Å². The summed E-state index contributed by atoms with van der Waals surface area (Å²) in [6, 6.07) is 4.21. The van der Waals surface area contributed by atoms with Crippen LogP contribution in [0.25, 0.3) is 10.9 Å². The third kappa shape index (κ3) is 2.14. The Morgan fingerprint density at radius 1 is 1.53 bits per heavy atom. The molecule has 0 aliphatic carbocycles. The molecule has 0 aliphatic heterocycles. The summed E-state index contributed by atoms with van der Waals surface area (Å²) in [5.74, 6) is -0.972. The lowest BCUT2D eigenvalue weighted by atomic mass is 10.1. The zero-order valence-electron chi connectivity index (χ0n) is 9.03. The second-order valence-electron chi connectivity index (χ2n) is 3.71. The third-order valence-electron chi connectivity index (χ3n) is 2.59. The fraction of sp³-hybridized carbons (Fsp3) is 0.167. The Morgan fingerprint density at radius 3 is 2.94 bits per heavy atom. The van der Waals surface area contributed by atoms with Gasteiger partial charge >= 0.3 is 0 Å². The monoisotopic (exact) mass is 235 g/mol. The molecule has 0 aliphatic rings. The topological polar surface area (TPSA) is 79.1 Å². The Hall–Kier alpha value is -1.88. The van der Waals surface area contributed by atoms with Crippen molar-refractivity contribution in [1.29, 1.82) is 0 Å². The molecule has 0 atom stereocenters. The third-order valence-corrected chi connectivity index (χ3v) is 2.59. The zero-order chi connectivity index (χ0) is 12.4. The molecule has 0 saturated heterocycles. The van der Waals surface area contributed by atoms with E-state index in [1.807, 2.05) is 0 Å². The minimum atomic E-state index is -0.594. The number of hydrogen-bond donors (Lipinski definition) is 3. The molecule has 89 valence electrons. The van der Waals surface area contributed by atoms with Crippen molar-refractivity contribution in [3.05, 3.63) is 41.7 Å². The maximum atomic E-state index is 13.2. The predicted octanol–water partition coefficient (Wildman–Crippen LogP) is 1.14. The summed E-state index contributed by atoms with van der Waals surface area (Å²) < 4.78 is 13.2. The lowest BCUT2D eigenvalue weighted by Gasteiger charge is -2.00. The highest BCUT2D eigenvalue weighted by molar-refractivity contribution is 6.00. The maximum absolute atomic E-state index is 13.2. The first-order valence-corrected chi connectivity index (χ1v) is 5.16. The van der Waals surface area contributed by atoms with Gasteiger partial charge in [0.25, 0.3) is 5.91 Å². The second kappa shape index (κ2) is 4.55. The lowest BCUT2D eigenvalue weighted by molar-refractivity contribution is 0.0995. The van der Waals surface area contributed by atoms with E-state index in [0.29, 0.717) is 22.9 Å². The standard InChI is InChI=1S/C12H12FN2O2/c13-7-3-4-10-9(6-7)8(2-1-5-16)11(15-10)12(14)17/h1,3-4,6,15-16H,2,5H2,(H2,14,17). The molecular weight excluding hydrogens is 223 g/mol. The number of nitrogens with one attached hydrogen (secondary N) is 1. The van der Waals surface area contributed by atoms with Gasteiger partial charge in [0.15, 0.2) is 0 Å². The zero-order valence-corrected chi connectivity index (χ0v) is 9.03. The van der Waals surface area contributed by atoms with Gasteiger partial charge in [-0.3, -0.25) is 4.79 Å². The number of nitrogens with two attached hydrogens (primary N) is 1. The van der Waals surface area contributed by atoms with E-state index >= 15 is 0 Å². The maximum Gasteiger partial charge on any atom is 0.265 e. The number of amides is 1. The number of halogens is 1. The number of aliphatic hydroxyl groups is 1. The highest BCUT2D eigenvalue weighted by Crippen LogP contribution is 2.24. The van der Waals surface area contributed by atoms with E-state index in [-0.39, 0.29) is 18.1 Å². The van der Waals surface area contributed by atoms with E-state index < -0.39 is 5.91 Å². The second-order valence-corrected chi connectivity index (χ2v) is 3.71. The largest absolute Gasteiger partial charge is 0.396 e. The number of aromatic nitrogens is 1. The van der Waals surface area contributed by atoms with Crippen molar-refractivity contribution in [2.24, 2.45) is 5.73 Å². The predicted molar refractivity (Wildman–Crippen MR) is 61.9 cm³/mol. The van der Waals surface area contributed by atoms with Crippen LogP contribution >= 0.6 is 0 Å². The Balaban J connectivity index is 2.60. The molecule has 2 aromatic rings. The van der Waals surface area contributed by atoms with Gasteiger partial charge in [0.2, 0.25) is 0 Å². The van der Waals surface area contributed by atoms with Gasteiger partial charge in [0, 0.05) is 17.5 Å². The Morgan fingerprint density at radius 2 is 2.29 bits per heavy atom. The molecule has 17 heavy (non-hydrogen) atoms. The minimum absolute atomic E-state index is 0.111. The summed E-state index contributed by atoms with van der Waals surface area (Å²) in [4.78, 5) is 14.1. The van der Waals surface area contributed by atoms with Crippen LogP contribution in [0.1, 0.15) is 16.1 Å². The van der Waals surface area contributed by atoms with E-state index in [9.17, 15) is 9.18 Å². The average molecular weight is 235 g/mol. The van der Waals surface area contributed by atoms with Crippen molar-refractivity contribution in [3.63, 3.8) is 0 Å². The number of primary amides is 1. The smallest absolute Gasteiger partial charge is 0.265 e. The van der Waals surface area contributed by atoms with Gasteiger partial charge in [0.05, 0.1) is 0 Å². The summed E-state index contributed by atoms with van der Waals surface area (Å²) >= 11 is 0. The normalized spacial score (nSPS) is 10.9. The number of benzene rings is 1. The number of aromatic amines is 1. The number of H-pyrrole nitrogens is 1. The Labute approximate surface area is 97.2 Å². The van der Waals surface area contributed by atoms with Gasteiger partial charge in [-0.1, -0.05) is 0 Å². The van der Waals surface area contributed by atoms with Crippen LogP contribution in [0.4, 0.5) is 4.39 Å². The number of aliphatic hydroxyl groups excluding tert-OH is 1. The van der Waals surface area contributed by atoms with Crippen LogP contribution in [0.5, 0.6) is 0 Å². The number of hydrogen-bond acceptors (Lipinski definition) is 2. The lowest BCUT2D eigenvalue weighted by Crippen LogP contribution is -2.14. The first kappa shape index (κ1) is 11.6. The molecule has 1 aromatic carbocycles. The number of carbonyl (C=O) groups excluding carboxylic acids is 1. The van der Waals surface area contributed by atoms with Crippen molar-refractivity contribution in [2.75, 3.05) is 6.61 Å². The van der Waals surface area contributed by atoms with Crippen LogP contribution in [0.15, 0.2) is 18.2 Å². The summed E-state index contributed by atoms with van der Waals surface area (Å²) in [6.45, 7) is -0.111. The molecule has 0 spiro atoms. The molecule has 0 bridgehead atoms. The fourth-order valence-electron chi connectivity index (χ4n) is 1.85. The van der Waals surface area contributed by atoms with Crippen LogP contribution in [0.3, 0.4) is 0 Å². The molecule has 4 N–H and O–H groups in total. The van der Waals surface area contributed by atoms with Crippen LogP contribution in [-0.4, -0.2) is 22.6 Å². The van der Waals surface area contributed by atoms with Gasteiger partial charge in [-0.2, -0.15) is 0 Å². The van der Waals surface area contributed by atoms with Crippen molar-refractivity contribution in [3.8, 4) is 0 Å². The van der Waals surface area contributed by atoms with Gasteiger partial charge in [-0.05, 0) is 36.6 Å². The van der Waals surface area contributed by atoms with E-state index in [1.165, 1.54) is 12.1 Å². The van der Waals surface area contributed by atoms with E-state index in [1.54, 1.807) is 12.5 Å². The molecule has 4 nitrogen and oxygen atoms in total. The van der Waals surface area contributed by atoms with E-state index in [0.717, 1.165) is 0 Å². The van der Waals surface area contributed by atoms with Crippen molar-refractivity contribution in [2.45, 2.75) is 6.42 Å². The SMILES string of the molecule is NC(=O)c1[nH]c2ccc(F)cc2c1C[CH]CO. The average Bonchev–Trinajstić information content (AvgIpc) is 2.64. The van der Waals surface area contributed by atoms with Crippen LogP contribution in [-0.2, 0) is 6.42 Å². The molecule has 0 fully saturated rings.